The second-order valence-corrected chi connectivity index (χ2v) is 7.74. The highest BCUT2D eigenvalue weighted by molar-refractivity contribution is 7.99. The van der Waals surface area contributed by atoms with Crippen molar-refractivity contribution < 1.29 is 9.84 Å². The number of para-hydroxylation sites is 2. The minimum Gasteiger partial charge on any atom is -0.491 e. The Bertz CT molecular complexity index is 865. The van der Waals surface area contributed by atoms with Gasteiger partial charge in [-0.15, -0.1) is 0 Å². The first kappa shape index (κ1) is 18.1. The van der Waals surface area contributed by atoms with Crippen LogP contribution in [0, 0.1) is 0 Å². The van der Waals surface area contributed by atoms with Crippen LogP contribution in [0.2, 0.25) is 0 Å². The zero-order valence-corrected chi connectivity index (χ0v) is 16.1. The van der Waals surface area contributed by atoms with Gasteiger partial charge in [-0.05, 0) is 49.9 Å². The first-order valence-electron chi connectivity index (χ1n) is 9.46. The number of benzene rings is 2. The van der Waals surface area contributed by atoms with Crippen molar-refractivity contribution in [1.82, 2.24) is 9.55 Å². The van der Waals surface area contributed by atoms with E-state index < -0.39 is 6.10 Å². The van der Waals surface area contributed by atoms with E-state index in [1.165, 1.54) is 24.2 Å². The SMILES string of the molecule is O[C@H](COc1ccccc1)CSc1nc2c(n1-c1ccccc1)CCCC2. The molecule has 0 fully saturated rings. The molecule has 1 aromatic heterocycles. The van der Waals surface area contributed by atoms with E-state index in [1.807, 2.05) is 36.4 Å². The molecule has 140 valence electrons. The number of aryl methyl sites for hydroxylation is 1. The molecule has 0 saturated carbocycles. The van der Waals surface area contributed by atoms with E-state index >= 15 is 0 Å². The summed E-state index contributed by atoms with van der Waals surface area (Å²) in [6, 6.07) is 20.0. The average Bonchev–Trinajstić information content (AvgIpc) is 3.10. The molecule has 4 nitrogen and oxygen atoms in total. The molecule has 1 heterocycles. The van der Waals surface area contributed by atoms with Gasteiger partial charge >= 0.3 is 0 Å². The highest BCUT2D eigenvalue weighted by Gasteiger charge is 2.22. The molecule has 0 bridgehead atoms. The summed E-state index contributed by atoms with van der Waals surface area (Å²) in [4.78, 5) is 4.89. The number of fused-ring (bicyclic) bond motifs is 1. The fraction of sp³-hybridized carbons (Fsp3) is 0.318. The summed E-state index contributed by atoms with van der Waals surface area (Å²) < 4.78 is 7.93. The first-order valence-corrected chi connectivity index (χ1v) is 10.4. The van der Waals surface area contributed by atoms with Gasteiger partial charge in [-0.3, -0.25) is 4.57 Å². The average molecular weight is 381 g/mol. The monoisotopic (exact) mass is 380 g/mol. The molecule has 0 saturated heterocycles. The number of thioether (sulfide) groups is 1. The smallest absolute Gasteiger partial charge is 0.173 e. The third-order valence-corrected chi connectivity index (χ3v) is 5.79. The van der Waals surface area contributed by atoms with Crippen LogP contribution in [0.5, 0.6) is 5.75 Å². The molecule has 1 N–H and O–H groups in total. The lowest BCUT2D eigenvalue weighted by Crippen LogP contribution is -2.20. The summed E-state index contributed by atoms with van der Waals surface area (Å²) in [5.41, 5.74) is 3.68. The van der Waals surface area contributed by atoms with Gasteiger partial charge in [0.2, 0.25) is 0 Å². The van der Waals surface area contributed by atoms with Crippen molar-refractivity contribution in [3.63, 3.8) is 0 Å². The minimum atomic E-state index is -0.548. The molecule has 0 radical (unpaired) electrons. The van der Waals surface area contributed by atoms with Gasteiger partial charge in [0.05, 0.1) is 11.8 Å². The maximum atomic E-state index is 10.4. The zero-order chi connectivity index (χ0) is 18.5. The van der Waals surface area contributed by atoms with Gasteiger partial charge in [-0.1, -0.05) is 48.2 Å². The quantitative estimate of drug-likeness (QED) is 0.622. The summed E-state index contributed by atoms with van der Waals surface area (Å²) in [5.74, 6) is 1.33. The van der Waals surface area contributed by atoms with E-state index in [1.54, 1.807) is 11.8 Å². The number of rotatable bonds is 7. The van der Waals surface area contributed by atoms with Crippen molar-refractivity contribution in [2.75, 3.05) is 12.4 Å². The van der Waals surface area contributed by atoms with Gasteiger partial charge < -0.3 is 9.84 Å². The normalized spacial score (nSPS) is 14.6. The van der Waals surface area contributed by atoms with E-state index in [9.17, 15) is 5.11 Å². The van der Waals surface area contributed by atoms with Gasteiger partial charge in [-0.25, -0.2) is 4.98 Å². The number of hydrogen-bond donors (Lipinski definition) is 1. The molecular weight excluding hydrogens is 356 g/mol. The molecule has 1 aliphatic carbocycles. The maximum Gasteiger partial charge on any atom is 0.173 e. The van der Waals surface area contributed by atoms with E-state index in [-0.39, 0.29) is 6.61 Å². The summed E-state index contributed by atoms with van der Waals surface area (Å²) in [6.07, 6.45) is 3.98. The Hall–Kier alpha value is -2.24. The Morgan fingerprint density at radius 1 is 1.00 bits per heavy atom. The van der Waals surface area contributed by atoms with Crippen molar-refractivity contribution in [1.29, 1.82) is 0 Å². The van der Waals surface area contributed by atoms with Crippen LogP contribution in [0.4, 0.5) is 0 Å². The van der Waals surface area contributed by atoms with Crippen molar-refractivity contribution in [2.24, 2.45) is 0 Å². The van der Waals surface area contributed by atoms with Crippen LogP contribution >= 0.6 is 11.8 Å². The van der Waals surface area contributed by atoms with Crippen LogP contribution in [-0.4, -0.2) is 33.1 Å². The molecule has 0 aliphatic heterocycles. The zero-order valence-electron chi connectivity index (χ0n) is 15.3. The van der Waals surface area contributed by atoms with Crippen LogP contribution in [-0.2, 0) is 12.8 Å². The molecule has 4 rings (SSSR count). The molecule has 27 heavy (non-hydrogen) atoms. The van der Waals surface area contributed by atoms with Crippen molar-refractivity contribution in [3.05, 3.63) is 72.1 Å². The highest BCUT2D eigenvalue weighted by atomic mass is 32.2. The third kappa shape index (κ3) is 4.37. The summed E-state index contributed by atoms with van der Waals surface area (Å²) in [5, 5.41) is 11.3. The maximum absolute atomic E-state index is 10.4. The highest BCUT2D eigenvalue weighted by Crippen LogP contribution is 2.30. The minimum absolute atomic E-state index is 0.281. The standard InChI is InChI=1S/C22H24N2O2S/c25-18(15-26-19-11-5-2-6-12-19)16-27-22-23-20-13-7-8-14-21(20)24(22)17-9-3-1-4-10-17/h1-6,9-12,18,25H,7-8,13-16H2/t18-/m1/s1. The van der Waals surface area contributed by atoms with E-state index in [2.05, 4.69) is 28.8 Å². The van der Waals surface area contributed by atoms with Gasteiger partial charge in [0.25, 0.3) is 0 Å². The Labute approximate surface area is 164 Å². The molecule has 1 atom stereocenters. The predicted molar refractivity (Wildman–Crippen MR) is 109 cm³/mol. The van der Waals surface area contributed by atoms with E-state index in [4.69, 9.17) is 9.72 Å². The van der Waals surface area contributed by atoms with Crippen LogP contribution in [0.1, 0.15) is 24.2 Å². The van der Waals surface area contributed by atoms with Crippen molar-refractivity contribution >= 4 is 11.8 Å². The van der Waals surface area contributed by atoms with Gasteiger partial charge in [-0.2, -0.15) is 0 Å². The van der Waals surface area contributed by atoms with Crippen molar-refractivity contribution in [3.8, 4) is 11.4 Å². The first-order chi connectivity index (χ1) is 13.3. The lowest BCUT2D eigenvalue weighted by molar-refractivity contribution is 0.126. The third-order valence-electron chi connectivity index (χ3n) is 4.71. The fourth-order valence-electron chi connectivity index (χ4n) is 3.38. The summed E-state index contributed by atoms with van der Waals surface area (Å²) in [7, 11) is 0. The number of imidazole rings is 1. The number of aliphatic hydroxyl groups excluding tert-OH is 1. The molecular formula is C22H24N2O2S. The van der Waals surface area contributed by atoms with Crippen LogP contribution in [0.3, 0.4) is 0 Å². The van der Waals surface area contributed by atoms with Gasteiger partial charge in [0.15, 0.2) is 5.16 Å². The number of aromatic nitrogens is 2. The molecule has 1 aliphatic rings. The number of nitrogens with zero attached hydrogens (tertiary/aromatic N) is 2. The summed E-state index contributed by atoms with van der Waals surface area (Å²) >= 11 is 1.60. The molecule has 2 aromatic carbocycles. The predicted octanol–water partition coefficient (Wildman–Crippen LogP) is 4.28. The lowest BCUT2D eigenvalue weighted by atomic mass is 10.0. The molecule has 0 amide bonds. The molecule has 3 aromatic rings. The Morgan fingerprint density at radius 2 is 1.70 bits per heavy atom. The van der Waals surface area contributed by atoms with Gasteiger partial charge in [0.1, 0.15) is 12.4 Å². The second kappa shape index (κ2) is 8.63. The van der Waals surface area contributed by atoms with Gasteiger partial charge in [0, 0.05) is 17.1 Å². The van der Waals surface area contributed by atoms with Crippen molar-refractivity contribution in [2.45, 2.75) is 36.9 Å². The Kier molecular flexibility index (Phi) is 5.80. The summed E-state index contributed by atoms with van der Waals surface area (Å²) in [6.45, 7) is 0.281. The van der Waals surface area contributed by atoms with Crippen LogP contribution < -0.4 is 4.74 Å². The Balaban J connectivity index is 1.46. The largest absolute Gasteiger partial charge is 0.491 e. The number of hydrogen-bond acceptors (Lipinski definition) is 4. The molecule has 0 spiro atoms. The van der Waals surface area contributed by atoms with Crippen LogP contribution in [0.15, 0.2) is 65.8 Å². The molecule has 0 unspecified atom stereocenters. The Morgan fingerprint density at radius 3 is 2.48 bits per heavy atom. The topological polar surface area (TPSA) is 47.3 Å². The van der Waals surface area contributed by atoms with E-state index in [0.29, 0.717) is 5.75 Å². The second-order valence-electron chi connectivity index (χ2n) is 6.75. The fourth-order valence-corrected chi connectivity index (χ4v) is 4.34. The molecule has 5 heteroatoms. The number of ether oxygens (including phenoxy) is 1. The lowest BCUT2D eigenvalue weighted by Gasteiger charge is -2.16. The number of aliphatic hydroxyl groups is 1. The van der Waals surface area contributed by atoms with E-state index in [0.717, 1.165) is 29.4 Å². The van der Waals surface area contributed by atoms with Crippen LogP contribution in [0.25, 0.3) is 5.69 Å².